The quantitative estimate of drug-likeness (QED) is 0.674. The molecule has 2 N–H and O–H groups in total. The third-order valence-corrected chi connectivity index (χ3v) is 9.48. The number of fused-ring (bicyclic) bond motifs is 5. The van der Waals surface area contributed by atoms with Crippen LogP contribution in [-0.4, -0.2) is 35.6 Å². The van der Waals surface area contributed by atoms with Crippen molar-refractivity contribution in [2.24, 2.45) is 28.6 Å². The molecule has 0 saturated heterocycles. The highest BCUT2D eigenvalue weighted by Crippen LogP contribution is 2.68. The van der Waals surface area contributed by atoms with Gasteiger partial charge in [-0.2, -0.15) is 0 Å². The molecule has 0 bridgehead atoms. The molecule has 0 spiro atoms. The van der Waals surface area contributed by atoms with E-state index in [4.69, 9.17) is 4.74 Å². The van der Waals surface area contributed by atoms with E-state index in [1.54, 1.807) is 0 Å². The Morgan fingerprint density at radius 3 is 2.63 bits per heavy atom. The van der Waals surface area contributed by atoms with Gasteiger partial charge in [0.15, 0.2) is 0 Å². The number of methoxy groups -OCH3 is 1. The fourth-order valence-electron chi connectivity index (χ4n) is 8.02. The summed E-state index contributed by atoms with van der Waals surface area (Å²) >= 11 is 0. The Morgan fingerprint density at radius 1 is 1.11 bits per heavy atom. The van der Waals surface area contributed by atoms with Crippen molar-refractivity contribution in [1.29, 1.82) is 0 Å². The predicted octanol–water partition coefficient (Wildman–Crippen LogP) is 4.86. The molecule has 0 amide bonds. The first-order chi connectivity index (χ1) is 12.9. The lowest BCUT2D eigenvalue weighted by molar-refractivity contribution is -0.140. The highest BCUT2D eigenvalue weighted by molar-refractivity contribution is 5.27. The van der Waals surface area contributed by atoms with Gasteiger partial charge in [0.2, 0.25) is 0 Å². The Bertz CT molecular complexity index is 586. The molecule has 4 rings (SSSR count). The zero-order valence-electron chi connectivity index (χ0n) is 17.7. The Hall–Kier alpha value is -0.380. The van der Waals surface area contributed by atoms with Crippen molar-refractivity contribution in [3.8, 4) is 0 Å². The van der Waals surface area contributed by atoms with E-state index >= 15 is 0 Å². The molecule has 0 aromatic carbocycles. The number of hydrogen-bond acceptors (Lipinski definition) is 3. The molecule has 3 fully saturated rings. The molecule has 0 aliphatic heterocycles. The molecular formula is C24H40O3. The second-order valence-electron chi connectivity index (χ2n) is 10.4. The van der Waals surface area contributed by atoms with Crippen LogP contribution in [0.1, 0.15) is 84.5 Å². The Balaban J connectivity index is 1.64. The second-order valence-corrected chi connectivity index (χ2v) is 10.4. The van der Waals surface area contributed by atoms with E-state index in [-0.39, 0.29) is 16.9 Å². The molecule has 0 radical (unpaired) electrons. The summed E-state index contributed by atoms with van der Waals surface area (Å²) in [6, 6.07) is 0. The Labute approximate surface area is 165 Å². The van der Waals surface area contributed by atoms with E-state index in [9.17, 15) is 10.2 Å². The molecule has 4 aliphatic rings. The molecule has 0 aromatic heterocycles. The first-order valence-corrected chi connectivity index (χ1v) is 11.5. The molecular weight excluding hydrogens is 336 g/mol. The largest absolute Gasteiger partial charge is 0.389 e. The third kappa shape index (κ3) is 2.87. The van der Waals surface area contributed by atoms with Crippen LogP contribution in [0.2, 0.25) is 0 Å². The minimum atomic E-state index is -0.452. The molecule has 4 aliphatic carbocycles. The van der Waals surface area contributed by atoms with Gasteiger partial charge in [0, 0.05) is 12.5 Å². The zero-order chi connectivity index (χ0) is 19.3. The highest BCUT2D eigenvalue weighted by atomic mass is 16.5. The van der Waals surface area contributed by atoms with E-state index in [1.165, 1.54) is 31.3 Å². The summed E-state index contributed by atoms with van der Waals surface area (Å²) in [5, 5.41) is 21.9. The lowest BCUT2D eigenvalue weighted by atomic mass is 9.46. The van der Waals surface area contributed by atoms with Gasteiger partial charge in [-0.3, -0.25) is 0 Å². The number of hydrogen-bond donors (Lipinski definition) is 2. The van der Waals surface area contributed by atoms with Gasteiger partial charge >= 0.3 is 0 Å². The summed E-state index contributed by atoms with van der Waals surface area (Å²) in [7, 11) is 1.84. The Kier molecular flexibility index (Phi) is 5.27. The minimum absolute atomic E-state index is 0.0903. The summed E-state index contributed by atoms with van der Waals surface area (Å²) in [5.41, 5.74) is 1.26. The minimum Gasteiger partial charge on any atom is -0.389 e. The molecule has 0 heterocycles. The summed E-state index contributed by atoms with van der Waals surface area (Å²) in [6.45, 7) is 5.45. The molecule has 0 unspecified atom stereocenters. The molecule has 154 valence electrons. The SMILES string of the molecule is CCCC[C@]1(O)CC[C@H]2[C@@H]3CCC4=C[C@@H](O)CC[C@]4(COC)[C@H]3CC[C@@]21C. The van der Waals surface area contributed by atoms with Gasteiger partial charge in [-0.15, -0.1) is 0 Å². The van der Waals surface area contributed by atoms with Crippen LogP contribution in [-0.2, 0) is 4.74 Å². The molecule has 7 atom stereocenters. The van der Waals surface area contributed by atoms with Gasteiger partial charge < -0.3 is 14.9 Å². The number of rotatable bonds is 5. The van der Waals surface area contributed by atoms with Gasteiger partial charge in [-0.05, 0) is 81.0 Å². The smallest absolute Gasteiger partial charge is 0.0724 e. The van der Waals surface area contributed by atoms with Gasteiger partial charge in [0.05, 0.1) is 18.3 Å². The van der Waals surface area contributed by atoms with Crippen molar-refractivity contribution < 1.29 is 14.9 Å². The standard InChI is InChI=1S/C24H40O3/c1-4-5-11-24(26)14-10-20-19-7-6-17-15-18(25)8-13-23(17,16-27-3)21(19)9-12-22(20,24)2/h15,18-21,25-26H,4-14,16H2,1-3H3/t18-,19-,20-,21-,22-,23+,24-/m0/s1. The van der Waals surface area contributed by atoms with E-state index in [1.807, 2.05) is 7.11 Å². The molecule has 27 heavy (non-hydrogen) atoms. The average molecular weight is 377 g/mol. The summed E-state index contributed by atoms with van der Waals surface area (Å²) in [4.78, 5) is 0. The Morgan fingerprint density at radius 2 is 1.89 bits per heavy atom. The van der Waals surface area contributed by atoms with E-state index in [2.05, 4.69) is 19.9 Å². The maximum Gasteiger partial charge on any atom is 0.0724 e. The number of unbranched alkanes of at least 4 members (excludes halogenated alkanes) is 1. The van der Waals surface area contributed by atoms with Crippen LogP contribution < -0.4 is 0 Å². The van der Waals surface area contributed by atoms with E-state index in [0.717, 1.165) is 51.6 Å². The van der Waals surface area contributed by atoms with Crippen LogP contribution in [0, 0.1) is 28.6 Å². The topological polar surface area (TPSA) is 49.7 Å². The van der Waals surface area contributed by atoms with Crippen LogP contribution in [0.15, 0.2) is 11.6 Å². The second kappa shape index (κ2) is 7.15. The fraction of sp³-hybridized carbons (Fsp3) is 0.917. The molecule has 3 saturated carbocycles. The van der Waals surface area contributed by atoms with Crippen LogP contribution in [0.5, 0.6) is 0 Å². The van der Waals surface area contributed by atoms with Crippen molar-refractivity contribution >= 4 is 0 Å². The van der Waals surface area contributed by atoms with Gasteiger partial charge in [0.25, 0.3) is 0 Å². The number of aliphatic hydroxyl groups excluding tert-OH is 1. The third-order valence-electron chi connectivity index (χ3n) is 9.48. The van der Waals surface area contributed by atoms with Gasteiger partial charge in [-0.25, -0.2) is 0 Å². The molecule has 3 nitrogen and oxygen atoms in total. The number of ether oxygens (including phenoxy) is 1. The first-order valence-electron chi connectivity index (χ1n) is 11.5. The normalized spacial score (nSPS) is 49.1. The summed E-state index contributed by atoms with van der Waals surface area (Å²) < 4.78 is 5.78. The van der Waals surface area contributed by atoms with Crippen molar-refractivity contribution in [3.05, 3.63) is 11.6 Å². The summed E-state index contributed by atoms with van der Waals surface area (Å²) in [6.07, 6.45) is 14.0. The lowest BCUT2D eigenvalue weighted by Gasteiger charge is -2.60. The van der Waals surface area contributed by atoms with Crippen molar-refractivity contribution in [2.75, 3.05) is 13.7 Å². The van der Waals surface area contributed by atoms with Crippen LogP contribution in [0.3, 0.4) is 0 Å². The predicted molar refractivity (Wildman–Crippen MR) is 108 cm³/mol. The maximum atomic E-state index is 11.6. The van der Waals surface area contributed by atoms with Crippen molar-refractivity contribution in [2.45, 2.75) is 96.2 Å². The first kappa shape index (κ1) is 19.9. The van der Waals surface area contributed by atoms with Crippen LogP contribution in [0.25, 0.3) is 0 Å². The lowest BCUT2D eigenvalue weighted by Crippen LogP contribution is -2.56. The average Bonchev–Trinajstić information content (AvgIpc) is 2.92. The van der Waals surface area contributed by atoms with Crippen molar-refractivity contribution in [1.82, 2.24) is 0 Å². The van der Waals surface area contributed by atoms with E-state index in [0.29, 0.717) is 17.8 Å². The maximum absolute atomic E-state index is 11.6. The highest BCUT2D eigenvalue weighted by Gasteiger charge is 2.64. The van der Waals surface area contributed by atoms with E-state index < -0.39 is 5.60 Å². The fourth-order valence-corrected chi connectivity index (χ4v) is 8.02. The van der Waals surface area contributed by atoms with Crippen molar-refractivity contribution in [3.63, 3.8) is 0 Å². The molecule has 3 heteroatoms. The number of aliphatic hydroxyl groups is 2. The van der Waals surface area contributed by atoms with Crippen LogP contribution >= 0.6 is 0 Å². The monoisotopic (exact) mass is 376 g/mol. The van der Waals surface area contributed by atoms with Gasteiger partial charge in [0.1, 0.15) is 0 Å². The molecule has 0 aromatic rings. The zero-order valence-corrected chi connectivity index (χ0v) is 17.7. The van der Waals surface area contributed by atoms with Crippen LogP contribution in [0.4, 0.5) is 0 Å². The summed E-state index contributed by atoms with van der Waals surface area (Å²) in [5.74, 6) is 2.03. The van der Waals surface area contributed by atoms with Gasteiger partial charge in [-0.1, -0.05) is 38.3 Å².